The minimum absolute atomic E-state index is 0.0000700. The molecule has 1 saturated carbocycles. The number of phenols is 1. The minimum Gasteiger partial charge on any atom is -0.507 e. The lowest BCUT2D eigenvalue weighted by molar-refractivity contribution is 0.102. The van der Waals surface area contributed by atoms with Gasteiger partial charge in [-0.1, -0.05) is 76.1 Å². The molecule has 2 amide bonds. The van der Waals surface area contributed by atoms with Crippen LogP contribution in [0.3, 0.4) is 0 Å². The zero-order valence-corrected chi connectivity index (χ0v) is 23.3. The molecular weight excluding hydrogens is 500 g/mol. The number of nitrogens with zero attached hydrogens (tertiary/aromatic N) is 2. The molecule has 0 unspecified atom stereocenters. The maximum absolute atomic E-state index is 13.3. The monoisotopic (exact) mass is 536 g/mol. The lowest BCUT2D eigenvalue weighted by Gasteiger charge is -2.19. The molecule has 7 heteroatoms. The second-order valence-corrected chi connectivity index (χ2v) is 11.5. The van der Waals surface area contributed by atoms with Crippen LogP contribution in [0.5, 0.6) is 5.75 Å². The van der Waals surface area contributed by atoms with Crippen LogP contribution in [-0.4, -0.2) is 26.8 Å². The first-order chi connectivity index (χ1) is 19.2. The highest BCUT2D eigenvalue weighted by Gasteiger charge is 2.26. The molecule has 0 atom stereocenters. The first kappa shape index (κ1) is 27.2. The lowest BCUT2D eigenvalue weighted by Crippen LogP contribution is -2.30. The first-order valence-corrected chi connectivity index (χ1v) is 13.9. The fraction of sp³-hybridized carbons (Fsp3) is 0.303. The van der Waals surface area contributed by atoms with Gasteiger partial charge in [0.15, 0.2) is 0 Å². The van der Waals surface area contributed by atoms with Gasteiger partial charge < -0.3 is 15.7 Å². The van der Waals surface area contributed by atoms with E-state index in [-0.39, 0.29) is 29.0 Å². The van der Waals surface area contributed by atoms with Gasteiger partial charge in [0.25, 0.3) is 5.91 Å². The standard InChI is InChI=1S/C33H36N4O3/c1-33(2,3)25-15-13-24(14-16-25)31(39)35-26-17-18-30(38)27(19-26)28-20-29(23-11-7-8-12-23)37(36-28)32(40)34-21-22-9-5-4-6-10-22/h4-6,9-10,13-20,23,38H,7-8,11-12,21H2,1-3H3,(H,34,40)(H,35,39). The van der Waals surface area contributed by atoms with E-state index in [4.69, 9.17) is 0 Å². The highest BCUT2D eigenvalue weighted by atomic mass is 16.3. The number of rotatable bonds is 6. The van der Waals surface area contributed by atoms with Crippen molar-refractivity contribution < 1.29 is 14.7 Å². The molecule has 0 bridgehead atoms. The van der Waals surface area contributed by atoms with Crippen molar-refractivity contribution in [1.29, 1.82) is 0 Å². The number of anilines is 1. The molecule has 1 aliphatic rings. The van der Waals surface area contributed by atoms with Gasteiger partial charge in [-0.05, 0) is 65.8 Å². The number of benzene rings is 3. The van der Waals surface area contributed by atoms with Crippen LogP contribution in [0, 0.1) is 0 Å². The van der Waals surface area contributed by atoms with Crippen molar-refractivity contribution in [3.05, 3.63) is 101 Å². The van der Waals surface area contributed by atoms with Crippen molar-refractivity contribution in [1.82, 2.24) is 15.1 Å². The second-order valence-electron chi connectivity index (χ2n) is 11.5. The van der Waals surface area contributed by atoms with Gasteiger partial charge in [0.05, 0.1) is 11.4 Å². The maximum atomic E-state index is 13.3. The number of hydrogen-bond donors (Lipinski definition) is 3. The maximum Gasteiger partial charge on any atom is 0.342 e. The van der Waals surface area contributed by atoms with E-state index in [1.807, 2.05) is 60.7 Å². The summed E-state index contributed by atoms with van der Waals surface area (Å²) in [7, 11) is 0. The van der Waals surface area contributed by atoms with Gasteiger partial charge in [-0.15, -0.1) is 0 Å². The van der Waals surface area contributed by atoms with E-state index in [2.05, 4.69) is 36.5 Å². The van der Waals surface area contributed by atoms with E-state index in [9.17, 15) is 14.7 Å². The van der Waals surface area contributed by atoms with Crippen LogP contribution in [0.15, 0.2) is 78.9 Å². The summed E-state index contributed by atoms with van der Waals surface area (Å²) in [6.07, 6.45) is 4.21. The quantitative estimate of drug-likeness (QED) is 0.227. The largest absolute Gasteiger partial charge is 0.507 e. The van der Waals surface area contributed by atoms with E-state index in [1.54, 1.807) is 12.1 Å². The van der Waals surface area contributed by atoms with Gasteiger partial charge in [-0.3, -0.25) is 4.79 Å². The topological polar surface area (TPSA) is 96.2 Å². The molecule has 0 radical (unpaired) electrons. The zero-order chi connectivity index (χ0) is 28.3. The van der Waals surface area contributed by atoms with Crippen molar-refractivity contribution >= 4 is 17.6 Å². The predicted octanol–water partition coefficient (Wildman–Crippen LogP) is 7.22. The molecule has 0 aliphatic heterocycles. The van der Waals surface area contributed by atoms with E-state index in [1.165, 1.54) is 10.7 Å². The summed E-state index contributed by atoms with van der Waals surface area (Å²) in [6.45, 7) is 6.79. The SMILES string of the molecule is CC(C)(C)c1ccc(C(=O)Nc2ccc(O)c(-c3cc(C4CCCC4)n(C(=O)NCc4ccccc4)n3)c2)cc1. The molecule has 206 valence electrons. The van der Waals surface area contributed by atoms with E-state index in [0.29, 0.717) is 29.1 Å². The summed E-state index contributed by atoms with van der Waals surface area (Å²) in [5.74, 6) is 0.0132. The third-order valence-corrected chi connectivity index (χ3v) is 7.53. The number of nitrogens with one attached hydrogen (secondary N) is 2. The lowest BCUT2D eigenvalue weighted by atomic mass is 9.87. The summed E-state index contributed by atoms with van der Waals surface area (Å²) in [4.78, 5) is 26.2. The Morgan fingerprint density at radius 2 is 1.65 bits per heavy atom. The summed E-state index contributed by atoms with van der Waals surface area (Å²) in [5, 5.41) is 21.3. The highest BCUT2D eigenvalue weighted by Crippen LogP contribution is 2.38. The Labute approximate surface area is 235 Å². The van der Waals surface area contributed by atoms with Gasteiger partial charge >= 0.3 is 6.03 Å². The number of aromatic nitrogens is 2. The third-order valence-electron chi connectivity index (χ3n) is 7.53. The predicted molar refractivity (Wildman–Crippen MR) is 158 cm³/mol. The van der Waals surface area contributed by atoms with Gasteiger partial charge in [-0.25, -0.2) is 4.79 Å². The van der Waals surface area contributed by atoms with Crippen LogP contribution in [0.2, 0.25) is 0 Å². The Bertz CT molecular complexity index is 1500. The zero-order valence-electron chi connectivity index (χ0n) is 23.3. The van der Waals surface area contributed by atoms with Crippen molar-refractivity contribution in [2.75, 3.05) is 5.32 Å². The van der Waals surface area contributed by atoms with Gasteiger partial charge in [0.2, 0.25) is 0 Å². The Balaban J connectivity index is 1.39. The normalized spacial score (nSPS) is 13.8. The van der Waals surface area contributed by atoms with Crippen LogP contribution in [0.1, 0.15) is 79.6 Å². The molecule has 3 aromatic carbocycles. The number of carbonyl (C=O) groups is 2. The Morgan fingerprint density at radius 1 is 0.950 bits per heavy atom. The van der Waals surface area contributed by atoms with Crippen molar-refractivity contribution in [3.63, 3.8) is 0 Å². The molecule has 1 heterocycles. The van der Waals surface area contributed by atoms with E-state index < -0.39 is 0 Å². The number of hydrogen-bond acceptors (Lipinski definition) is 4. The molecular formula is C33H36N4O3. The minimum atomic E-state index is -0.306. The van der Waals surface area contributed by atoms with Crippen LogP contribution in [0.25, 0.3) is 11.3 Å². The number of carbonyl (C=O) groups excluding carboxylic acids is 2. The fourth-order valence-corrected chi connectivity index (χ4v) is 5.19. The summed E-state index contributed by atoms with van der Waals surface area (Å²) in [6, 6.07) is 23.8. The fourth-order valence-electron chi connectivity index (χ4n) is 5.19. The summed E-state index contributed by atoms with van der Waals surface area (Å²) in [5.41, 5.74) is 5.01. The third kappa shape index (κ3) is 6.09. The molecule has 5 rings (SSSR count). The molecule has 1 aromatic heterocycles. The number of phenolic OH excluding ortho intramolecular Hbond substituents is 1. The molecule has 3 N–H and O–H groups in total. The van der Waals surface area contributed by atoms with Crippen molar-refractivity contribution in [3.8, 4) is 17.0 Å². The Hall–Kier alpha value is -4.39. The van der Waals surface area contributed by atoms with Crippen molar-refractivity contribution in [2.24, 2.45) is 0 Å². The van der Waals surface area contributed by atoms with Crippen LogP contribution in [-0.2, 0) is 12.0 Å². The summed E-state index contributed by atoms with van der Waals surface area (Å²) < 4.78 is 1.44. The average Bonchev–Trinajstić information content (AvgIpc) is 3.63. The molecule has 0 saturated heterocycles. The molecule has 4 aromatic rings. The number of aromatic hydroxyl groups is 1. The van der Waals surface area contributed by atoms with Crippen LogP contribution < -0.4 is 10.6 Å². The molecule has 0 spiro atoms. The van der Waals surface area contributed by atoms with E-state index in [0.717, 1.165) is 42.5 Å². The van der Waals surface area contributed by atoms with Crippen LogP contribution >= 0.6 is 0 Å². The van der Waals surface area contributed by atoms with Gasteiger partial charge in [-0.2, -0.15) is 9.78 Å². The Morgan fingerprint density at radius 3 is 2.33 bits per heavy atom. The molecule has 1 aliphatic carbocycles. The summed E-state index contributed by atoms with van der Waals surface area (Å²) >= 11 is 0. The van der Waals surface area contributed by atoms with E-state index >= 15 is 0 Å². The molecule has 40 heavy (non-hydrogen) atoms. The Kier molecular flexibility index (Phi) is 7.74. The second kappa shape index (κ2) is 11.4. The van der Waals surface area contributed by atoms with Gasteiger partial charge in [0.1, 0.15) is 5.75 Å². The highest BCUT2D eigenvalue weighted by molar-refractivity contribution is 6.04. The smallest absolute Gasteiger partial charge is 0.342 e. The van der Waals surface area contributed by atoms with Crippen LogP contribution in [0.4, 0.5) is 10.5 Å². The van der Waals surface area contributed by atoms with Gasteiger partial charge in [0, 0.05) is 29.3 Å². The first-order valence-electron chi connectivity index (χ1n) is 13.9. The average molecular weight is 537 g/mol. The molecule has 7 nitrogen and oxygen atoms in total. The van der Waals surface area contributed by atoms with Crippen molar-refractivity contribution in [2.45, 2.75) is 64.3 Å². The molecule has 1 fully saturated rings. The number of amides is 2.